The molecule has 0 atom stereocenters. The lowest BCUT2D eigenvalue weighted by Gasteiger charge is -2.06. The average Bonchev–Trinajstić information content (AvgIpc) is 2.22. The molecule has 0 bridgehead atoms. The van der Waals surface area contributed by atoms with E-state index >= 15 is 0 Å². The molecule has 0 aliphatic carbocycles. The van der Waals surface area contributed by atoms with Gasteiger partial charge in [0.25, 0.3) is 0 Å². The third-order valence-corrected chi connectivity index (χ3v) is 2.80. The summed E-state index contributed by atoms with van der Waals surface area (Å²) in [4.78, 5) is 11.4. The predicted molar refractivity (Wildman–Crippen MR) is 70.8 cm³/mol. The quantitative estimate of drug-likeness (QED) is 0.255. The molecule has 1 amide bonds. The number of rotatable bonds is 3. The molecule has 0 heterocycles. The Balaban J connectivity index is 2.70. The van der Waals surface area contributed by atoms with Crippen LogP contribution in [0.4, 0.5) is 5.69 Å². The molecule has 0 saturated heterocycles. The van der Waals surface area contributed by atoms with Crippen LogP contribution in [0.5, 0.6) is 0 Å². The van der Waals surface area contributed by atoms with Crippen molar-refractivity contribution >= 4 is 51.6 Å². The third kappa shape index (κ3) is 3.86. The van der Waals surface area contributed by atoms with E-state index in [1.165, 1.54) is 0 Å². The largest absolute Gasteiger partial charge is 0.409 e. The molecule has 0 aliphatic heterocycles. The molecule has 86 valence electrons. The van der Waals surface area contributed by atoms with Crippen LogP contribution >= 0.6 is 34.2 Å². The van der Waals surface area contributed by atoms with Crippen LogP contribution in [-0.2, 0) is 4.79 Å². The Hall–Kier alpha value is -1.02. The fraction of sp³-hybridized carbons (Fsp3) is 0.111. The highest BCUT2D eigenvalue weighted by Gasteiger charge is 2.07. The van der Waals surface area contributed by atoms with Gasteiger partial charge in [0, 0.05) is 8.59 Å². The Bertz CT molecular complexity index is 437. The molecule has 5 nitrogen and oxygen atoms in total. The number of carbonyl (C=O) groups excluding carboxylic acids is 1. The smallest absolute Gasteiger partial charge is 0.232 e. The minimum absolute atomic E-state index is 0.138. The first-order valence-corrected chi connectivity index (χ1v) is 5.70. The van der Waals surface area contributed by atoms with Crippen molar-refractivity contribution in [3.05, 3.63) is 26.8 Å². The molecule has 1 aromatic rings. The second kappa shape index (κ2) is 5.90. The van der Waals surface area contributed by atoms with Crippen molar-refractivity contribution in [3.63, 3.8) is 0 Å². The standard InChI is InChI=1S/C9H9ClIN3O2/c10-5-1-2-7(6(11)3-5)13-9(15)4-8(12)14-16/h1-3,16H,4H2,(H2,12,14)(H,13,15). The summed E-state index contributed by atoms with van der Waals surface area (Å²) in [6, 6.07) is 5.08. The zero-order valence-electron chi connectivity index (χ0n) is 8.08. The summed E-state index contributed by atoms with van der Waals surface area (Å²) in [7, 11) is 0. The number of nitrogens with one attached hydrogen (secondary N) is 1. The molecule has 0 aromatic heterocycles. The van der Waals surface area contributed by atoms with E-state index in [-0.39, 0.29) is 18.2 Å². The topological polar surface area (TPSA) is 87.7 Å². The number of carbonyl (C=O) groups is 1. The van der Waals surface area contributed by atoms with Gasteiger partial charge in [0.15, 0.2) is 0 Å². The zero-order chi connectivity index (χ0) is 12.1. The van der Waals surface area contributed by atoms with Crippen LogP contribution in [0.1, 0.15) is 6.42 Å². The summed E-state index contributed by atoms with van der Waals surface area (Å²) in [6.45, 7) is 0. The summed E-state index contributed by atoms with van der Waals surface area (Å²) in [5.74, 6) is -0.489. The van der Waals surface area contributed by atoms with E-state index in [4.69, 9.17) is 22.5 Å². The van der Waals surface area contributed by atoms with Crippen molar-refractivity contribution in [3.8, 4) is 0 Å². The number of halogens is 2. The van der Waals surface area contributed by atoms with E-state index < -0.39 is 0 Å². The number of amidine groups is 1. The van der Waals surface area contributed by atoms with Gasteiger partial charge in [-0.3, -0.25) is 4.79 Å². The van der Waals surface area contributed by atoms with E-state index in [9.17, 15) is 4.79 Å². The van der Waals surface area contributed by atoms with Gasteiger partial charge in [-0.05, 0) is 40.8 Å². The number of nitrogens with zero attached hydrogens (tertiary/aromatic N) is 1. The van der Waals surface area contributed by atoms with E-state index in [1.807, 2.05) is 0 Å². The lowest BCUT2D eigenvalue weighted by atomic mass is 10.3. The highest BCUT2D eigenvalue weighted by Crippen LogP contribution is 2.22. The SMILES string of the molecule is N/C(CC(=O)Nc1ccc(Cl)cc1I)=N/O. The average molecular weight is 354 g/mol. The van der Waals surface area contributed by atoms with Crippen LogP contribution in [0.15, 0.2) is 23.4 Å². The number of benzene rings is 1. The second-order valence-corrected chi connectivity index (χ2v) is 4.54. The van der Waals surface area contributed by atoms with Crippen molar-refractivity contribution in [2.45, 2.75) is 6.42 Å². The van der Waals surface area contributed by atoms with Crippen LogP contribution in [-0.4, -0.2) is 17.0 Å². The molecule has 0 fully saturated rings. The number of hydrogen-bond donors (Lipinski definition) is 3. The highest BCUT2D eigenvalue weighted by molar-refractivity contribution is 14.1. The van der Waals surface area contributed by atoms with Gasteiger partial charge in [0.05, 0.1) is 12.1 Å². The van der Waals surface area contributed by atoms with Gasteiger partial charge in [-0.1, -0.05) is 16.8 Å². The molecule has 0 radical (unpaired) electrons. The van der Waals surface area contributed by atoms with E-state index in [1.54, 1.807) is 18.2 Å². The number of oxime groups is 1. The van der Waals surface area contributed by atoms with E-state index in [0.717, 1.165) is 3.57 Å². The van der Waals surface area contributed by atoms with Gasteiger partial charge < -0.3 is 16.3 Å². The van der Waals surface area contributed by atoms with Gasteiger partial charge in [0.1, 0.15) is 5.84 Å². The van der Waals surface area contributed by atoms with Crippen molar-refractivity contribution in [1.29, 1.82) is 0 Å². The molecule has 16 heavy (non-hydrogen) atoms. The first kappa shape index (κ1) is 13.0. The first-order valence-electron chi connectivity index (χ1n) is 4.24. The second-order valence-electron chi connectivity index (χ2n) is 2.94. The minimum atomic E-state index is -0.351. The fourth-order valence-electron chi connectivity index (χ4n) is 0.985. The van der Waals surface area contributed by atoms with Crippen LogP contribution in [0.25, 0.3) is 0 Å². The van der Waals surface area contributed by atoms with Gasteiger partial charge in [-0.25, -0.2) is 0 Å². The van der Waals surface area contributed by atoms with Crippen molar-refractivity contribution in [2.24, 2.45) is 10.9 Å². The maximum Gasteiger partial charge on any atom is 0.232 e. The Morgan fingerprint density at radius 2 is 2.31 bits per heavy atom. The summed E-state index contributed by atoms with van der Waals surface area (Å²) in [6.07, 6.45) is -0.158. The Kier molecular flexibility index (Phi) is 4.81. The van der Waals surface area contributed by atoms with Crippen LogP contribution in [0, 0.1) is 3.57 Å². The maximum absolute atomic E-state index is 11.4. The number of nitrogens with two attached hydrogens (primary N) is 1. The van der Waals surface area contributed by atoms with E-state index in [0.29, 0.717) is 10.7 Å². The van der Waals surface area contributed by atoms with Crippen molar-refractivity contribution in [2.75, 3.05) is 5.32 Å². The van der Waals surface area contributed by atoms with Crippen LogP contribution in [0.3, 0.4) is 0 Å². The molecule has 0 aliphatic rings. The van der Waals surface area contributed by atoms with Gasteiger partial charge >= 0.3 is 0 Å². The molecule has 0 unspecified atom stereocenters. The molecular formula is C9H9ClIN3O2. The highest BCUT2D eigenvalue weighted by atomic mass is 127. The van der Waals surface area contributed by atoms with Crippen molar-refractivity contribution in [1.82, 2.24) is 0 Å². The summed E-state index contributed by atoms with van der Waals surface area (Å²) in [5.41, 5.74) is 5.85. The first-order chi connectivity index (χ1) is 7.52. The normalized spacial score (nSPS) is 11.2. The van der Waals surface area contributed by atoms with Gasteiger partial charge in [-0.2, -0.15) is 0 Å². The zero-order valence-corrected chi connectivity index (χ0v) is 11.0. The van der Waals surface area contributed by atoms with Crippen LogP contribution < -0.4 is 11.1 Å². The monoisotopic (exact) mass is 353 g/mol. The van der Waals surface area contributed by atoms with Crippen LogP contribution in [0.2, 0.25) is 5.02 Å². The van der Waals surface area contributed by atoms with E-state index in [2.05, 4.69) is 33.1 Å². The molecule has 0 spiro atoms. The molecule has 0 saturated carbocycles. The number of amides is 1. The van der Waals surface area contributed by atoms with Gasteiger partial charge in [0.2, 0.25) is 5.91 Å². The maximum atomic E-state index is 11.4. The molecule has 7 heteroatoms. The number of hydrogen-bond acceptors (Lipinski definition) is 3. The summed E-state index contributed by atoms with van der Waals surface area (Å²) in [5, 5.41) is 14.2. The third-order valence-electron chi connectivity index (χ3n) is 1.68. The summed E-state index contributed by atoms with van der Waals surface area (Å²) >= 11 is 7.82. The molecule has 1 aromatic carbocycles. The Morgan fingerprint density at radius 1 is 1.62 bits per heavy atom. The summed E-state index contributed by atoms with van der Waals surface area (Å²) < 4.78 is 0.818. The lowest BCUT2D eigenvalue weighted by Crippen LogP contribution is -2.22. The predicted octanol–water partition coefficient (Wildman–Crippen LogP) is 2.02. The van der Waals surface area contributed by atoms with Gasteiger partial charge in [-0.15, -0.1) is 0 Å². The van der Waals surface area contributed by atoms with Crippen molar-refractivity contribution < 1.29 is 10.0 Å². The molecule has 4 N–H and O–H groups in total. The fourth-order valence-corrected chi connectivity index (χ4v) is 1.99. The Labute approximate surface area is 111 Å². The molecule has 1 rings (SSSR count). The molecular weight excluding hydrogens is 344 g/mol. The number of anilines is 1. The Morgan fingerprint density at radius 3 is 2.88 bits per heavy atom. The minimum Gasteiger partial charge on any atom is -0.409 e. The lowest BCUT2D eigenvalue weighted by molar-refractivity contribution is -0.115.